The quantitative estimate of drug-likeness (QED) is 0.216. The number of rotatable bonds is 6. The molecule has 0 saturated carbocycles. The van der Waals surface area contributed by atoms with Crippen molar-refractivity contribution in [2.24, 2.45) is 15.3 Å². The van der Waals surface area contributed by atoms with Crippen LogP contribution in [0.5, 0.6) is 0 Å². The Morgan fingerprint density at radius 1 is 0.893 bits per heavy atom. The summed E-state index contributed by atoms with van der Waals surface area (Å²) < 4.78 is 5.12. The summed E-state index contributed by atoms with van der Waals surface area (Å²) in [5.41, 5.74) is 3.67. The van der Waals surface area contributed by atoms with Gasteiger partial charge in [0.25, 0.3) is 5.69 Å². The number of anilines is 1. The van der Waals surface area contributed by atoms with Gasteiger partial charge in [0.05, 0.1) is 22.4 Å². The number of para-hydroxylation sites is 1. The van der Waals surface area contributed by atoms with E-state index in [4.69, 9.17) is 4.42 Å². The summed E-state index contributed by atoms with van der Waals surface area (Å²) in [5.74, 6) is -0.482. The van der Waals surface area contributed by atoms with Crippen LogP contribution in [0.4, 0.5) is 22.9 Å². The number of nitrogens with zero attached hydrogens (tertiary/aromatic N) is 5. The van der Waals surface area contributed by atoms with E-state index in [0.29, 0.717) is 11.4 Å². The number of hydrazone groups is 1. The third-order valence-electron chi connectivity index (χ3n) is 3.38. The Kier molecular flexibility index (Phi) is 5.46. The maximum Gasteiger partial charge on any atom is 0.433 e. The Labute approximate surface area is 157 Å². The van der Waals surface area contributed by atoms with Crippen molar-refractivity contribution in [3.05, 3.63) is 92.7 Å². The lowest BCUT2D eigenvalue weighted by Crippen LogP contribution is -2.00. The molecule has 0 unspecified atom stereocenters. The lowest BCUT2D eigenvalue weighted by atomic mass is 10.3. The van der Waals surface area contributed by atoms with Crippen LogP contribution in [-0.4, -0.2) is 15.7 Å². The number of amidine groups is 1. The first-order valence-corrected chi connectivity index (χ1v) is 7.82. The van der Waals surface area contributed by atoms with Gasteiger partial charge in [-0.05, 0) is 30.3 Å². The van der Waals surface area contributed by atoms with E-state index >= 15 is 0 Å². The molecule has 11 nitrogen and oxygen atoms in total. The van der Waals surface area contributed by atoms with Crippen LogP contribution in [0, 0.1) is 20.2 Å². The molecule has 1 heterocycles. The van der Waals surface area contributed by atoms with E-state index in [1.165, 1.54) is 36.4 Å². The predicted octanol–water partition coefficient (Wildman–Crippen LogP) is 4.65. The largest absolute Gasteiger partial charge is 0.433 e. The van der Waals surface area contributed by atoms with E-state index in [0.717, 1.165) is 0 Å². The van der Waals surface area contributed by atoms with Crippen molar-refractivity contribution in [2.75, 3.05) is 5.43 Å². The number of benzene rings is 2. The number of non-ortho nitro benzene ring substituents is 1. The Morgan fingerprint density at radius 3 is 2.21 bits per heavy atom. The average Bonchev–Trinajstić information content (AvgIpc) is 3.19. The zero-order chi connectivity index (χ0) is 19.9. The second-order valence-corrected chi connectivity index (χ2v) is 5.28. The molecule has 3 aromatic rings. The van der Waals surface area contributed by atoms with Crippen molar-refractivity contribution in [3.8, 4) is 0 Å². The molecule has 140 valence electrons. The van der Waals surface area contributed by atoms with E-state index in [2.05, 4.69) is 20.8 Å². The minimum absolute atomic E-state index is 0.0285. The van der Waals surface area contributed by atoms with Crippen molar-refractivity contribution in [1.82, 2.24) is 0 Å². The van der Waals surface area contributed by atoms with Gasteiger partial charge in [0.15, 0.2) is 5.76 Å². The van der Waals surface area contributed by atoms with Gasteiger partial charge in [-0.1, -0.05) is 18.2 Å². The van der Waals surface area contributed by atoms with Gasteiger partial charge in [0.1, 0.15) is 4.92 Å². The molecule has 0 aliphatic carbocycles. The van der Waals surface area contributed by atoms with Gasteiger partial charge < -0.3 is 4.42 Å². The molecule has 0 fully saturated rings. The standard InChI is InChI=1S/C17H12N6O5/c24-22(25)14-8-6-13(7-9-14)19-21-17(15-10-11-16(28-15)23(26)27)20-18-12-4-2-1-3-5-12/h1-11,18H. The second kappa shape index (κ2) is 8.31. The third-order valence-corrected chi connectivity index (χ3v) is 3.38. The molecule has 1 aromatic heterocycles. The smallest absolute Gasteiger partial charge is 0.397 e. The van der Waals surface area contributed by atoms with Gasteiger partial charge >= 0.3 is 5.88 Å². The highest BCUT2D eigenvalue weighted by Gasteiger charge is 2.16. The van der Waals surface area contributed by atoms with Crippen molar-refractivity contribution in [2.45, 2.75) is 0 Å². The fourth-order valence-electron chi connectivity index (χ4n) is 2.05. The monoisotopic (exact) mass is 380 g/mol. The van der Waals surface area contributed by atoms with Crippen LogP contribution in [0.3, 0.4) is 0 Å². The molecule has 0 amide bonds. The number of azo groups is 1. The first-order chi connectivity index (χ1) is 13.5. The number of hydrogen-bond donors (Lipinski definition) is 1. The van der Waals surface area contributed by atoms with E-state index in [-0.39, 0.29) is 17.3 Å². The molecule has 0 saturated heterocycles. The number of hydrogen-bond acceptors (Lipinski definition) is 8. The molecule has 2 aromatic carbocycles. The molecule has 11 heteroatoms. The van der Waals surface area contributed by atoms with Crippen LogP contribution in [0.25, 0.3) is 0 Å². The third kappa shape index (κ3) is 4.60. The maximum absolute atomic E-state index is 10.8. The number of nitrogens with one attached hydrogen (secondary N) is 1. The highest BCUT2D eigenvalue weighted by molar-refractivity contribution is 5.97. The summed E-state index contributed by atoms with van der Waals surface area (Å²) >= 11 is 0. The first-order valence-electron chi connectivity index (χ1n) is 7.82. The molecule has 0 bridgehead atoms. The molecule has 0 aliphatic heterocycles. The normalized spacial score (nSPS) is 11.5. The fraction of sp³-hybridized carbons (Fsp3) is 0. The highest BCUT2D eigenvalue weighted by Crippen LogP contribution is 2.21. The average molecular weight is 380 g/mol. The van der Waals surface area contributed by atoms with Crippen molar-refractivity contribution in [3.63, 3.8) is 0 Å². The van der Waals surface area contributed by atoms with E-state index in [1.807, 2.05) is 6.07 Å². The van der Waals surface area contributed by atoms with Crippen molar-refractivity contribution >= 4 is 28.8 Å². The Bertz CT molecular complexity index is 1040. The molecule has 1 N–H and O–H groups in total. The number of furan rings is 1. The van der Waals surface area contributed by atoms with Crippen LogP contribution in [-0.2, 0) is 0 Å². The maximum atomic E-state index is 10.8. The predicted molar refractivity (Wildman–Crippen MR) is 99.6 cm³/mol. The summed E-state index contributed by atoms with van der Waals surface area (Å²) in [6.07, 6.45) is 0. The summed E-state index contributed by atoms with van der Waals surface area (Å²) in [6.45, 7) is 0. The Balaban J connectivity index is 1.88. The Morgan fingerprint density at radius 2 is 1.61 bits per heavy atom. The summed E-state index contributed by atoms with van der Waals surface area (Å²) in [6, 6.07) is 16.9. The summed E-state index contributed by atoms with van der Waals surface area (Å²) in [7, 11) is 0. The zero-order valence-electron chi connectivity index (χ0n) is 14.1. The van der Waals surface area contributed by atoms with Crippen LogP contribution in [0.1, 0.15) is 5.76 Å². The van der Waals surface area contributed by atoms with Gasteiger partial charge in [-0.25, -0.2) is 0 Å². The van der Waals surface area contributed by atoms with Gasteiger partial charge in [-0.15, -0.1) is 15.3 Å². The minimum Gasteiger partial charge on any atom is -0.397 e. The van der Waals surface area contributed by atoms with Gasteiger partial charge in [0.2, 0.25) is 5.84 Å². The van der Waals surface area contributed by atoms with Crippen molar-refractivity contribution in [1.29, 1.82) is 0 Å². The topological polar surface area (TPSA) is 149 Å². The SMILES string of the molecule is O=[N+]([O-])c1ccc(N=NC(=NNc2ccccc2)c2ccc([N+](=O)[O-])o2)cc1. The Hall–Kier alpha value is -4.41. The molecular formula is C17H12N6O5. The van der Waals surface area contributed by atoms with Crippen LogP contribution in [0.15, 0.2) is 86.5 Å². The van der Waals surface area contributed by atoms with E-state index < -0.39 is 15.7 Å². The fourth-order valence-corrected chi connectivity index (χ4v) is 2.05. The molecular weight excluding hydrogens is 368 g/mol. The van der Waals surface area contributed by atoms with Crippen LogP contribution in [0.2, 0.25) is 0 Å². The molecule has 3 rings (SSSR count). The van der Waals surface area contributed by atoms with Crippen LogP contribution >= 0.6 is 0 Å². The molecule has 0 spiro atoms. The minimum atomic E-state index is -0.681. The first kappa shape index (κ1) is 18.4. The molecule has 0 atom stereocenters. The highest BCUT2D eigenvalue weighted by atomic mass is 16.6. The van der Waals surface area contributed by atoms with Gasteiger partial charge in [-0.2, -0.15) is 0 Å². The van der Waals surface area contributed by atoms with E-state index in [9.17, 15) is 20.2 Å². The van der Waals surface area contributed by atoms with Crippen molar-refractivity contribution < 1.29 is 14.3 Å². The number of nitro groups is 2. The lowest BCUT2D eigenvalue weighted by molar-refractivity contribution is -0.402. The van der Waals surface area contributed by atoms with E-state index in [1.54, 1.807) is 24.3 Å². The van der Waals surface area contributed by atoms with Gasteiger partial charge in [0, 0.05) is 12.1 Å². The lowest BCUT2D eigenvalue weighted by Gasteiger charge is -2.00. The zero-order valence-corrected chi connectivity index (χ0v) is 14.1. The summed E-state index contributed by atoms with van der Waals surface area (Å²) in [4.78, 5) is 20.3. The number of nitro benzene ring substituents is 1. The van der Waals surface area contributed by atoms with Gasteiger partial charge in [-0.3, -0.25) is 25.7 Å². The molecule has 28 heavy (non-hydrogen) atoms. The molecule has 0 aliphatic rings. The second-order valence-electron chi connectivity index (χ2n) is 5.28. The molecule has 0 radical (unpaired) electrons. The van der Waals surface area contributed by atoms with Crippen LogP contribution < -0.4 is 5.43 Å². The summed E-state index contributed by atoms with van der Waals surface area (Å²) in [5, 5.41) is 33.5.